The van der Waals surface area contributed by atoms with E-state index in [1.807, 2.05) is 31.2 Å². The Bertz CT molecular complexity index is 559. The molecule has 0 spiro atoms. The van der Waals surface area contributed by atoms with Crippen molar-refractivity contribution in [2.75, 3.05) is 18.0 Å². The molecule has 1 aliphatic rings. The van der Waals surface area contributed by atoms with Crippen LogP contribution in [0.15, 0.2) is 24.3 Å². The first-order chi connectivity index (χ1) is 8.74. The third kappa shape index (κ3) is 2.01. The van der Waals surface area contributed by atoms with Crippen LogP contribution in [0.3, 0.4) is 0 Å². The number of anilines is 1. The molecule has 2 aromatic rings. The number of fused-ring (bicyclic) bond motifs is 1. The molecule has 5 heteroatoms. The highest BCUT2D eigenvalue weighted by molar-refractivity contribution is 5.74. The number of hydrogen-bond acceptors (Lipinski definition) is 5. The molecule has 1 fully saturated rings. The van der Waals surface area contributed by atoms with Crippen molar-refractivity contribution in [2.24, 2.45) is 5.92 Å². The standard InChI is InChI=1S/C13H16N4O/c1-9-8-17(7-6-12(9)18)13-14-10-4-2-3-5-11(10)15-16-13/h2-5,9,12,18H,6-8H2,1H3. The predicted molar refractivity (Wildman–Crippen MR) is 69.3 cm³/mol. The van der Waals surface area contributed by atoms with E-state index in [9.17, 15) is 5.11 Å². The van der Waals surface area contributed by atoms with Crippen LogP contribution in [0, 0.1) is 5.92 Å². The summed E-state index contributed by atoms with van der Waals surface area (Å²) in [5.74, 6) is 0.904. The van der Waals surface area contributed by atoms with E-state index in [0.29, 0.717) is 5.95 Å². The number of rotatable bonds is 1. The zero-order valence-electron chi connectivity index (χ0n) is 10.3. The summed E-state index contributed by atoms with van der Waals surface area (Å²) in [4.78, 5) is 6.62. The molecule has 5 nitrogen and oxygen atoms in total. The first-order valence-corrected chi connectivity index (χ1v) is 6.26. The third-order valence-corrected chi connectivity index (χ3v) is 3.49. The van der Waals surface area contributed by atoms with E-state index in [2.05, 4.69) is 20.1 Å². The Balaban J connectivity index is 1.90. The molecule has 1 saturated heterocycles. The topological polar surface area (TPSA) is 62.1 Å². The Labute approximate surface area is 105 Å². The van der Waals surface area contributed by atoms with Crippen molar-refractivity contribution in [1.29, 1.82) is 0 Å². The van der Waals surface area contributed by atoms with Crippen molar-refractivity contribution >= 4 is 17.0 Å². The average molecular weight is 244 g/mol. The van der Waals surface area contributed by atoms with Crippen molar-refractivity contribution in [3.05, 3.63) is 24.3 Å². The van der Waals surface area contributed by atoms with Crippen LogP contribution in [0.1, 0.15) is 13.3 Å². The highest BCUT2D eigenvalue weighted by Gasteiger charge is 2.25. The molecule has 18 heavy (non-hydrogen) atoms. The first-order valence-electron chi connectivity index (χ1n) is 6.26. The molecular weight excluding hydrogens is 228 g/mol. The minimum absolute atomic E-state index is 0.213. The molecule has 2 heterocycles. The molecule has 0 amide bonds. The lowest BCUT2D eigenvalue weighted by Crippen LogP contribution is -2.42. The van der Waals surface area contributed by atoms with Crippen molar-refractivity contribution < 1.29 is 5.11 Å². The van der Waals surface area contributed by atoms with E-state index < -0.39 is 0 Å². The van der Waals surface area contributed by atoms with Gasteiger partial charge in [-0.1, -0.05) is 19.1 Å². The Morgan fingerprint density at radius 2 is 2.00 bits per heavy atom. The number of hydrogen-bond donors (Lipinski definition) is 1. The molecule has 1 aromatic heterocycles. The SMILES string of the molecule is CC1CN(c2nnc3ccccc3n2)CCC1O. The van der Waals surface area contributed by atoms with E-state index in [1.165, 1.54) is 0 Å². The average Bonchev–Trinajstić information content (AvgIpc) is 2.41. The van der Waals surface area contributed by atoms with Crippen molar-refractivity contribution in [2.45, 2.75) is 19.4 Å². The third-order valence-electron chi connectivity index (χ3n) is 3.49. The fourth-order valence-corrected chi connectivity index (χ4v) is 2.32. The lowest BCUT2D eigenvalue weighted by molar-refractivity contribution is 0.0966. The molecule has 2 unspecified atom stereocenters. The van der Waals surface area contributed by atoms with Gasteiger partial charge in [-0.15, -0.1) is 10.2 Å². The minimum Gasteiger partial charge on any atom is -0.393 e. The Morgan fingerprint density at radius 3 is 2.78 bits per heavy atom. The second-order valence-corrected chi connectivity index (χ2v) is 4.88. The Kier molecular flexibility index (Phi) is 2.83. The summed E-state index contributed by atoms with van der Waals surface area (Å²) in [7, 11) is 0. The molecule has 0 radical (unpaired) electrons. The molecule has 0 saturated carbocycles. The van der Waals surface area contributed by atoms with Crippen LogP contribution in [-0.2, 0) is 0 Å². The van der Waals surface area contributed by atoms with Crippen LogP contribution in [0.25, 0.3) is 11.0 Å². The quantitative estimate of drug-likeness (QED) is 0.817. The van der Waals surface area contributed by atoms with Crippen LogP contribution < -0.4 is 4.90 Å². The van der Waals surface area contributed by atoms with Gasteiger partial charge in [0.1, 0.15) is 5.52 Å². The minimum atomic E-state index is -0.213. The lowest BCUT2D eigenvalue weighted by atomic mass is 9.97. The van der Waals surface area contributed by atoms with Gasteiger partial charge in [0.15, 0.2) is 0 Å². The normalized spacial score (nSPS) is 24.4. The predicted octanol–water partition coefficient (Wildman–Crippen LogP) is 1.23. The van der Waals surface area contributed by atoms with E-state index in [-0.39, 0.29) is 12.0 Å². The van der Waals surface area contributed by atoms with Gasteiger partial charge in [0, 0.05) is 13.1 Å². The van der Waals surface area contributed by atoms with Gasteiger partial charge in [-0.25, -0.2) is 4.98 Å². The monoisotopic (exact) mass is 244 g/mol. The van der Waals surface area contributed by atoms with Gasteiger partial charge in [-0.2, -0.15) is 0 Å². The van der Waals surface area contributed by atoms with Gasteiger partial charge < -0.3 is 10.0 Å². The van der Waals surface area contributed by atoms with Crippen LogP contribution in [0.4, 0.5) is 5.95 Å². The molecular formula is C13H16N4O. The highest BCUT2D eigenvalue weighted by atomic mass is 16.3. The fraction of sp³-hybridized carbons (Fsp3) is 0.462. The summed E-state index contributed by atoms with van der Waals surface area (Å²) < 4.78 is 0. The van der Waals surface area contributed by atoms with Gasteiger partial charge in [-0.3, -0.25) is 0 Å². The van der Waals surface area contributed by atoms with E-state index in [0.717, 1.165) is 30.5 Å². The number of aliphatic hydroxyl groups excluding tert-OH is 1. The highest BCUT2D eigenvalue weighted by Crippen LogP contribution is 2.21. The van der Waals surface area contributed by atoms with Crippen molar-refractivity contribution in [3.63, 3.8) is 0 Å². The van der Waals surface area contributed by atoms with Crippen LogP contribution in [0.5, 0.6) is 0 Å². The van der Waals surface area contributed by atoms with Gasteiger partial charge in [0.05, 0.1) is 11.6 Å². The van der Waals surface area contributed by atoms with Crippen molar-refractivity contribution in [1.82, 2.24) is 15.2 Å². The van der Waals surface area contributed by atoms with Gasteiger partial charge in [0.25, 0.3) is 0 Å². The zero-order chi connectivity index (χ0) is 12.5. The molecule has 3 rings (SSSR count). The zero-order valence-corrected chi connectivity index (χ0v) is 10.3. The molecule has 0 bridgehead atoms. The van der Waals surface area contributed by atoms with Crippen LogP contribution in [0.2, 0.25) is 0 Å². The maximum absolute atomic E-state index is 9.73. The maximum atomic E-state index is 9.73. The molecule has 94 valence electrons. The maximum Gasteiger partial charge on any atom is 0.245 e. The summed E-state index contributed by atoms with van der Waals surface area (Å²) in [6.45, 7) is 3.61. The van der Waals surface area contributed by atoms with Crippen molar-refractivity contribution in [3.8, 4) is 0 Å². The summed E-state index contributed by atoms with van der Waals surface area (Å²) in [5.41, 5.74) is 1.67. The molecule has 1 N–H and O–H groups in total. The van der Waals surface area contributed by atoms with E-state index in [1.54, 1.807) is 0 Å². The van der Waals surface area contributed by atoms with Crippen LogP contribution >= 0.6 is 0 Å². The van der Waals surface area contributed by atoms with Gasteiger partial charge in [0.2, 0.25) is 5.95 Å². The fourth-order valence-electron chi connectivity index (χ4n) is 2.32. The second kappa shape index (κ2) is 4.49. The number of nitrogens with zero attached hydrogens (tertiary/aromatic N) is 4. The number of aromatic nitrogens is 3. The molecule has 2 atom stereocenters. The first kappa shape index (κ1) is 11.3. The van der Waals surface area contributed by atoms with E-state index in [4.69, 9.17) is 0 Å². The Hall–Kier alpha value is -1.75. The molecule has 1 aromatic carbocycles. The smallest absolute Gasteiger partial charge is 0.245 e. The number of aliphatic hydroxyl groups is 1. The molecule has 1 aliphatic heterocycles. The molecule has 0 aliphatic carbocycles. The summed E-state index contributed by atoms with van der Waals surface area (Å²) in [6.07, 6.45) is 0.548. The number of benzene rings is 1. The summed E-state index contributed by atoms with van der Waals surface area (Å²) in [5, 5.41) is 18.1. The largest absolute Gasteiger partial charge is 0.393 e. The number of para-hydroxylation sites is 1. The second-order valence-electron chi connectivity index (χ2n) is 4.88. The number of piperidine rings is 1. The summed E-state index contributed by atoms with van der Waals surface area (Å²) in [6, 6.07) is 7.72. The summed E-state index contributed by atoms with van der Waals surface area (Å²) >= 11 is 0. The lowest BCUT2D eigenvalue weighted by Gasteiger charge is -2.34. The van der Waals surface area contributed by atoms with Gasteiger partial charge >= 0.3 is 0 Å². The van der Waals surface area contributed by atoms with Gasteiger partial charge in [-0.05, 0) is 24.5 Å². The van der Waals surface area contributed by atoms with E-state index >= 15 is 0 Å². The Morgan fingerprint density at radius 1 is 1.22 bits per heavy atom. The van der Waals surface area contributed by atoms with Crippen LogP contribution in [-0.4, -0.2) is 39.5 Å².